The molecule has 3 aromatic carbocycles. The topological polar surface area (TPSA) is 95.6 Å². The number of hydrogen-bond donors (Lipinski definition) is 2. The molecule has 0 aromatic heterocycles. The van der Waals surface area contributed by atoms with Crippen LogP contribution in [0.2, 0.25) is 0 Å². The number of nitrogens with zero attached hydrogens (tertiary/aromatic N) is 1. The molecule has 8 heteroatoms. The van der Waals surface area contributed by atoms with Crippen molar-refractivity contribution in [2.45, 2.75) is 24.3 Å². The summed E-state index contributed by atoms with van der Waals surface area (Å²) in [6, 6.07) is 19.4. The molecule has 2 amide bonds. The molecule has 31 heavy (non-hydrogen) atoms. The van der Waals surface area contributed by atoms with Crippen LogP contribution in [0.4, 0.5) is 5.69 Å². The van der Waals surface area contributed by atoms with E-state index in [0.717, 1.165) is 23.6 Å². The van der Waals surface area contributed by atoms with Gasteiger partial charge in [0.15, 0.2) is 0 Å². The maximum atomic E-state index is 12.6. The quantitative estimate of drug-likeness (QED) is 0.600. The summed E-state index contributed by atoms with van der Waals surface area (Å²) in [7, 11) is -3.47. The van der Waals surface area contributed by atoms with E-state index in [1.807, 2.05) is 36.4 Å². The Labute approximate surface area is 181 Å². The fourth-order valence-electron chi connectivity index (χ4n) is 3.63. The van der Waals surface area contributed by atoms with Crippen LogP contribution in [0.3, 0.4) is 0 Å². The van der Waals surface area contributed by atoms with Crippen molar-refractivity contribution in [3.05, 3.63) is 72.3 Å². The Kier molecular flexibility index (Phi) is 6.01. The molecule has 0 bridgehead atoms. The van der Waals surface area contributed by atoms with Gasteiger partial charge in [0.2, 0.25) is 10.0 Å². The summed E-state index contributed by atoms with van der Waals surface area (Å²) in [6.07, 6.45) is 1.76. The first-order valence-electron chi connectivity index (χ1n) is 10.1. The Balaban J connectivity index is 1.36. The molecule has 0 atom stereocenters. The van der Waals surface area contributed by atoms with Crippen molar-refractivity contribution in [3.8, 4) is 0 Å². The molecule has 1 aliphatic heterocycles. The van der Waals surface area contributed by atoms with Crippen molar-refractivity contribution in [2.75, 3.05) is 18.4 Å². The normalized spacial score (nSPS) is 14.5. The Hall–Kier alpha value is -3.23. The highest BCUT2D eigenvalue weighted by Crippen LogP contribution is 2.23. The van der Waals surface area contributed by atoms with Crippen molar-refractivity contribution in [3.63, 3.8) is 0 Å². The Morgan fingerprint density at radius 1 is 0.839 bits per heavy atom. The lowest BCUT2D eigenvalue weighted by molar-refractivity contribution is -0.136. The minimum atomic E-state index is -3.47. The minimum absolute atomic E-state index is 0.117. The third-order valence-electron chi connectivity index (χ3n) is 5.32. The number of nitrogens with one attached hydrogen (secondary N) is 2. The van der Waals surface area contributed by atoms with Gasteiger partial charge in [-0.15, -0.1) is 0 Å². The van der Waals surface area contributed by atoms with Crippen LogP contribution in [-0.4, -0.2) is 37.6 Å². The van der Waals surface area contributed by atoms with E-state index >= 15 is 0 Å². The van der Waals surface area contributed by atoms with Crippen molar-refractivity contribution in [2.24, 2.45) is 0 Å². The third kappa shape index (κ3) is 4.60. The first-order valence-corrected chi connectivity index (χ1v) is 11.6. The Morgan fingerprint density at radius 3 is 2.26 bits per heavy atom. The van der Waals surface area contributed by atoms with Gasteiger partial charge in [0, 0.05) is 30.7 Å². The third-order valence-corrected chi connectivity index (χ3v) is 7.24. The fourth-order valence-corrected chi connectivity index (χ4v) is 5.15. The van der Waals surface area contributed by atoms with Crippen LogP contribution in [0.5, 0.6) is 0 Å². The van der Waals surface area contributed by atoms with Crippen LogP contribution in [-0.2, 0) is 26.2 Å². The summed E-state index contributed by atoms with van der Waals surface area (Å²) < 4.78 is 26.6. The van der Waals surface area contributed by atoms with E-state index in [2.05, 4.69) is 10.6 Å². The zero-order valence-electron chi connectivity index (χ0n) is 16.9. The average molecular weight is 438 g/mol. The zero-order chi connectivity index (χ0) is 21.8. The number of anilines is 1. The van der Waals surface area contributed by atoms with Gasteiger partial charge in [-0.05, 0) is 42.0 Å². The van der Waals surface area contributed by atoms with E-state index in [0.29, 0.717) is 24.3 Å². The summed E-state index contributed by atoms with van der Waals surface area (Å²) in [5.74, 6) is -1.52. The molecule has 0 unspecified atom stereocenters. The van der Waals surface area contributed by atoms with Crippen LogP contribution in [0.1, 0.15) is 18.4 Å². The van der Waals surface area contributed by atoms with E-state index in [1.165, 1.54) is 16.4 Å². The predicted octanol–water partition coefficient (Wildman–Crippen LogP) is 2.88. The van der Waals surface area contributed by atoms with Crippen molar-refractivity contribution < 1.29 is 18.0 Å². The van der Waals surface area contributed by atoms with Gasteiger partial charge in [-0.25, -0.2) is 8.42 Å². The summed E-state index contributed by atoms with van der Waals surface area (Å²) in [5, 5.41) is 7.03. The highest BCUT2D eigenvalue weighted by Gasteiger charge is 2.26. The number of sulfonamides is 1. The summed E-state index contributed by atoms with van der Waals surface area (Å²) in [6.45, 7) is 1.21. The molecule has 2 N–H and O–H groups in total. The lowest BCUT2D eigenvalue weighted by Gasteiger charge is -2.15. The first kappa shape index (κ1) is 21.0. The summed E-state index contributed by atoms with van der Waals surface area (Å²) in [5.41, 5.74) is 1.27. The number of amides is 2. The van der Waals surface area contributed by atoms with Gasteiger partial charge < -0.3 is 10.6 Å². The standard InChI is InChI=1S/C23H23N3O4S/c27-22(23(28)25-21-9-5-7-18-6-1-2-8-20(18)21)24-16-17-10-12-19(13-11-17)31(29,30)26-14-3-4-15-26/h1-2,5-13H,3-4,14-16H2,(H,24,27)(H,25,28). The molecular weight excluding hydrogens is 414 g/mol. The number of fused-ring (bicyclic) bond motifs is 1. The van der Waals surface area contributed by atoms with Crippen LogP contribution in [0.25, 0.3) is 10.8 Å². The predicted molar refractivity (Wildman–Crippen MR) is 119 cm³/mol. The highest BCUT2D eigenvalue weighted by atomic mass is 32.2. The van der Waals surface area contributed by atoms with E-state index in [9.17, 15) is 18.0 Å². The van der Waals surface area contributed by atoms with Crippen molar-refractivity contribution in [1.29, 1.82) is 0 Å². The smallest absolute Gasteiger partial charge is 0.313 e. The largest absolute Gasteiger partial charge is 0.344 e. The molecule has 1 fully saturated rings. The van der Waals surface area contributed by atoms with Crippen LogP contribution in [0, 0.1) is 0 Å². The van der Waals surface area contributed by atoms with E-state index in [1.54, 1.807) is 18.2 Å². The molecule has 0 radical (unpaired) electrons. The molecule has 160 valence electrons. The summed E-state index contributed by atoms with van der Waals surface area (Å²) >= 11 is 0. The van der Waals surface area contributed by atoms with E-state index in [-0.39, 0.29) is 11.4 Å². The molecular formula is C23H23N3O4S. The number of rotatable bonds is 5. The molecule has 1 aliphatic rings. The summed E-state index contributed by atoms with van der Waals surface area (Å²) in [4.78, 5) is 24.8. The monoisotopic (exact) mass is 437 g/mol. The van der Waals surface area contributed by atoms with E-state index in [4.69, 9.17) is 0 Å². The number of carbonyl (C=O) groups is 2. The SMILES string of the molecule is O=C(NCc1ccc(S(=O)(=O)N2CCCC2)cc1)C(=O)Nc1cccc2ccccc12. The minimum Gasteiger partial charge on any atom is -0.344 e. The molecule has 7 nitrogen and oxygen atoms in total. The molecule has 0 aliphatic carbocycles. The molecule has 3 aromatic rings. The van der Waals surface area contributed by atoms with Gasteiger partial charge in [-0.1, -0.05) is 48.5 Å². The Bertz CT molecular complexity index is 1210. The molecule has 1 saturated heterocycles. The maximum absolute atomic E-state index is 12.6. The lowest BCUT2D eigenvalue weighted by atomic mass is 10.1. The molecule has 0 saturated carbocycles. The number of carbonyl (C=O) groups excluding carboxylic acids is 2. The van der Waals surface area contributed by atoms with Gasteiger partial charge in [-0.2, -0.15) is 4.31 Å². The van der Waals surface area contributed by atoms with Gasteiger partial charge in [0.05, 0.1) is 4.90 Å². The van der Waals surface area contributed by atoms with Crippen molar-refractivity contribution >= 4 is 38.3 Å². The van der Waals surface area contributed by atoms with Crippen LogP contribution >= 0.6 is 0 Å². The van der Waals surface area contributed by atoms with Gasteiger partial charge in [0.25, 0.3) is 0 Å². The second-order valence-corrected chi connectivity index (χ2v) is 9.36. The zero-order valence-corrected chi connectivity index (χ0v) is 17.7. The van der Waals surface area contributed by atoms with Crippen LogP contribution in [0.15, 0.2) is 71.6 Å². The fraction of sp³-hybridized carbons (Fsp3) is 0.217. The lowest BCUT2D eigenvalue weighted by Crippen LogP contribution is -2.35. The highest BCUT2D eigenvalue weighted by molar-refractivity contribution is 7.89. The molecule has 4 rings (SSSR count). The molecule has 1 heterocycles. The second kappa shape index (κ2) is 8.87. The number of benzene rings is 3. The van der Waals surface area contributed by atoms with Crippen LogP contribution < -0.4 is 10.6 Å². The van der Waals surface area contributed by atoms with E-state index < -0.39 is 21.8 Å². The molecule has 0 spiro atoms. The second-order valence-electron chi connectivity index (χ2n) is 7.42. The number of hydrogen-bond acceptors (Lipinski definition) is 4. The van der Waals surface area contributed by atoms with Crippen molar-refractivity contribution in [1.82, 2.24) is 9.62 Å². The Morgan fingerprint density at radius 2 is 1.52 bits per heavy atom. The maximum Gasteiger partial charge on any atom is 0.313 e. The van der Waals surface area contributed by atoms with Gasteiger partial charge in [0.1, 0.15) is 0 Å². The van der Waals surface area contributed by atoms with Gasteiger partial charge >= 0.3 is 11.8 Å². The van der Waals surface area contributed by atoms with Gasteiger partial charge in [-0.3, -0.25) is 9.59 Å². The average Bonchev–Trinajstić information content (AvgIpc) is 3.34. The first-order chi connectivity index (χ1) is 14.9.